The molecule has 3 heterocycles. The summed E-state index contributed by atoms with van der Waals surface area (Å²) in [7, 11) is -3.52. The number of imidazole rings is 1. The second-order valence-corrected chi connectivity index (χ2v) is 9.21. The van der Waals surface area contributed by atoms with Gasteiger partial charge in [-0.2, -0.15) is 4.31 Å². The minimum absolute atomic E-state index is 0.417. The van der Waals surface area contributed by atoms with Gasteiger partial charge in [-0.1, -0.05) is 17.7 Å². The monoisotopic (exact) mass is 412 g/mol. The maximum atomic E-state index is 13.2. The summed E-state index contributed by atoms with van der Waals surface area (Å²) in [6.07, 6.45) is 5.16. The molecule has 3 aromatic rings. The zero-order valence-electron chi connectivity index (χ0n) is 16.8. The van der Waals surface area contributed by atoms with Crippen molar-refractivity contribution < 1.29 is 8.42 Å². The molecule has 2 aromatic heterocycles. The predicted molar refractivity (Wildman–Crippen MR) is 111 cm³/mol. The third kappa shape index (κ3) is 3.75. The smallest absolute Gasteiger partial charge is 0.243 e. The highest BCUT2D eigenvalue weighted by Crippen LogP contribution is 2.26. The lowest BCUT2D eigenvalue weighted by Gasteiger charge is -2.35. The van der Waals surface area contributed by atoms with Crippen LogP contribution in [-0.2, 0) is 10.0 Å². The van der Waals surface area contributed by atoms with Gasteiger partial charge in [-0.25, -0.2) is 13.4 Å². The largest absolute Gasteiger partial charge is 0.352 e. The van der Waals surface area contributed by atoms with E-state index in [1.54, 1.807) is 21.4 Å². The zero-order valence-corrected chi connectivity index (χ0v) is 17.6. The number of sulfonamides is 1. The molecule has 0 aliphatic carbocycles. The number of aryl methyl sites for hydroxylation is 3. The topological polar surface area (TPSA) is 84.2 Å². The van der Waals surface area contributed by atoms with E-state index in [1.165, 1.54) is 0 Å². The number of rotatable bonds is 4. The van der Waals surface area contributed by atoms with Gasteiger partial charge in [0.05, 0.1) is 4.90 Å². The summed E-state index contributed by atoms with van der Waals surface area (Å²) in [4.78, 5) is 6.50. The van der Waals surface area contributed by atoms with Crippen molar-refractivity contribution in [3.05, 3.63) is 59.7 Å². The molecular formula is C20H24N6O2S. The third-order valence-electron chi connectivity index (χ3n) is 5.17. The standard InChI is InChI=1S/C20H24N6O2S/c1-15-12-16(2)20(17(3)13-15)29(27,28)26-10-8-24(9-11-26)18-4-5-19(23-22-18)25-7-6-21-14-25/h4-7,12-14H,8-11H2,1-3H3. The summed E-state index contributed by atoms with van der Waals surface area (Å²) in [5.41, 5.74) is 2.67. The van der Waals surface area contributed by atoms with Gasteiger partial charge in [0.25, 0.3) is 0 Å². The maximum Gasteiger partial charge on any atom is 0.243 e. The van der Waals surface area contributed by atoms with Crippen molar-refractivity contribution in [3.63, 3.8) is 0 Å². The lowest BCUT2D eigenvalue weighted by atomic mass is 10.1. The second kappa shape index (κ2) is 7.57. The molecule has 9 heteroatoms. The number of aromatic nitrogens is 4. The average Bonchev–Trinajstić information content (AvgIpc) is 3.22. The van der Waals surface area contributed by atoms with Gasteiger partial charge in [0.1, 0.15) is 6.33 Å². The molecule has 0 unspecified atom stereocenters. The van der Waals surface area contributed by atoms with Crippen LogP contribution in [0.3, 0.4) is 0 Å². The SMILES string of the molecule is Cc1cc(C)c(S(=O)(=O)N2CCN(c3ccc(-n4ccnc4)nn3)CC2)c(C)c1. The Labute approximate surface area is 170 Å². The normalized spacial score (nSPS) is 15.6. The molecular weight excluding hydrogens is 388 g/mol. The van der Waals surface area contributed by atoms with Crippen LogP contribution in [0.5, 0.6) is 0 Å². The molecule has 152 valence electrons. The molecule has 1 aromatic carbocycles. The van der Waals surface area contributed by atoms with Gasteiger partial charge in [0, 0.05) is 38.6 Å². The van der Waals surface area contributed by atoms with Crippen LogP contribution in [0.25, 0.3) is 5.82 Å². The van der Waals surface area contributed by atoms with E-state index in [4.69, 9.17) is 0 Å². The van der Waals surface area contributed by atoms with Crippen LogP contribution in [0, 0.1) is 20.8 Å². The van der Waals surface area contributed by atoms with Gasteiger partial charge in [0.15, 0.2) is 11.6 Å². The number of hydrogen-bond donors (Lipinski definition) is 0. The molecule has 1 aliphatic rings. The first-order valence-corrected chi connectivity index (χ1v) is 11.0. The Bertz CT molecular complexity index is 1080. The molecule has 0 N–H and O–H groups in total. The quantitative estimate of drug-likeness (QED) is 0.653. The van der Waals surface area contributed by atoms with Crippen molar-refractivity contribution in [1.29, 1.82) is 0 Å². The van der Waals surface area contributed by atoms with Gasteiger partial charge in [-0.3, -0.25) is 4.57 Å². The minimum atomic E-state index is -3.52. The van der Waals surface area contributed by atoms with Crippen molar-refractivity contribution in [2.75, 3.05) is 31.1 Å². The van der Waals surface area contributed by atoms with E-state index >= 15 is 0 Å². The average molecular weight is 413 g/mol. The molecule has 0 saturated carbocycles. The van der Waals surface area contributed by atoms with Crippen LogP contribution in [-0.4, -0.2) is 58.7 Å². The number of benzene rings is 1. The molecule has 1 saturated heterocycles. The van der Waals surface area contributed by atoms with Gasteiger partial charge in [0.2, 0.25) is 10.0 Å². The highest BCUT2D eigenvalue weighted by atomic mass is 32.2. The molecule has 4 rings (SSSR count). The highest BCUT2D eigenvalue weighted by Gasteiger charge is 2.31. The molecule has 1 fully saturated rings. The molecule has 8 nitrogen and oxygen atoms in total. The second-order valence-electron chi connectivity index (χ2n) is 7.34. The first-order chi connectivity index (χ1) is 13.9. The predicted octanol–water partition coefficient (Wildman–Crippen LogP) is 2.10. The number of anilines is 1. The van der Waals surface area contributed by atoms with Crippen molar-refractivity contribution in [3.8, 4) is 5.82 Å². The molecule has 0 spiro atoms. The number of piperazine rings is 1. The van der Waals surface area contributed by atoms with Gasteiger partial charge in [-0.05, 0) is 44.0 Å². The van der Waals surface area contributed by atoms with Crippen molar-refractivity contribution in [2.24, 2.45) is 0 Å². The summed E-state index contributed by atoms with van der Waals surface area (Å²) >= 11 is 0. The highest BCUT2D eigenvalue weighted by molar-refractivity contribution is 7.89. The van der Waals surface area contributed by atoms with E-state index in [0.717, 1.165) is 22.5 Å². The molecule has 0 radical (unpaired) electrons. The molecule has 1 aliphatic heterocycles. The number of hydrogen-bond acceptors (Lipinski definition) is 6. The van der Waals surface area contributed by atoms with Crippen LogP contribution in [0.4, 0.5) is 5.82 Å². The van der Waals surface area contributed by atoms with Gasteiger partial charge in [-0.15, -0.1) is 10.2 Å². The van der Waals surface area contributed by atoms with E-state index in [9.17, 15) is 8.42 Å². The zero-order chi connectivity index (χ0) is 20.6. The van der Waals surface area contributed by atoms with E-state index in [-0.39, 0.29) is 0 Å². The Hall–Kier alpha value is -2.78. The fourth-order valence-electron chi connectivity index (χ4n) is 3.88. The molecule has 0 amide bonds. The van der Waals surface area contributed by atoms with Gasteiger partial charge >= 0.3 is 0 Å². The van der Waals surface area contributed by atoms with Crippen LogP contribution in [0.2, 0.25) is 0 Å². The summed E-state index contributed by atoms with van der Waals surface area (Å²) in [6, 6.07) is 7.63. The Kier molecular flexibility index (Phi) is 5.10. The van der Waals surface area contributed by atoms with Crippen molar-refractivity contribution in [2.45, 2.75) is 25.7 Å². The minimum Gasteiger partial charge on any atom is -0.352 e. The third-order valence-corrected chi connectivity index (χ3v) is 7.38. The first-order valence-electron chi connectivity index (χ1n) is 9.51. The Morgan fingerprint density at radius 2 is 1.52 bits per heavy atom. The Balaban J connectivity index is 1.48. The molecule has 29 heavy (non-hydrogen) atoms. The summed E-state index contributed by atoms with van der Waals surface area (Å²) in [6.45, 7) is 7.68. The van der Waals surface area contributed by atoms with Crippen molar-refractivity contribution >= 4 is 15.8 Å². The van der Waals surface area contributed by atoms with Crippen LogP contribution in [0.1, 0.15) is 16.7 Å². The fourth-order valence-corrected chi connectivity index (χ4v) is 5.71. The lowest BCUT2D eigenvalue weighted by molar-refractivity contribution is 0.383. The van der Waals surface area contributed by atoms with Crippen LogP contribution in [0.15, 0.2) is 47.9 Å². The van der Waals surface area contributed by atoms with E-state index in [2.05, 4.69) is 20.1 Å². The molecule has 0 bridgehead atoms. The first kappa shape index (κ1) is 19.5. The summed E-state index contributed by atoms with van der Waals surface area (Å²) in [5, 5.41) is 8.54. The van der Waals surface area contributed by atoms with Gasteiger partial charge < -0.3 is 4.90 Å². The maximum absolute atomic E-state index is 13.2. The van der Waals surface area contributed by atoms with Crippen LogP contribution >= 0.6 is 0 Å². The Morgan fingerprint density at radius 3 is 2.07 bits per heavy atom. The fraction of sp³-hybridized carbons (Fsp3) is 0.350. The Morgan fingerprint density at radius 1 is 0.897 bits per heavy atom. The van der Waals surface area contributed by atoms with E-state index in [0.29, 0.717) is 36.9 Å². The van der Waals surface area contributed by atoms with Crippen molar-refractivity contribution in [1.82, 2.24) is 24.1 Å². The molecule has 0 atom stereocenters. The number of nitrogens with zero attached hydrogens (tertiary/aromatic N) is 6. The summed E-state index contributed by atoms with van der Waals surface area (Å²) < 4.78 is 29.8. The lowest BCUT2D eigenvalue weighted by Crippen LogP contribution is -2.49. The summed E-state index contributed by atoms with van der Waals surface area (Å²) in [5.74, 6) is 1.44. The van der Waals surface area contributed by atoms with Crippen LogP contribution < -0.4 is 4.90 Å². The van der Waals surface area contributed by atoms with E-state index in [1.807, 2.05) is 51.2 Å². The van der Waals surface area contributed by atoms with E-state index < -0.39 is 10.0 Å².